The zero-order valence-corrected chi connectivity index (χ0v) is 25.8. The van der Waals surface area contributed by atoms with Gasteiger partial charge in [0.25, 0.3) is 0 Å². The minimum atomic E-state index is -0.773. The summed E-state index contributed by atoms with van der Waals surface area (Å²) >= 11 is 0. The molecule has 2 N–H and O–H groups in total. The number of phenolic OH excluding ortho intramolecular Hbond substituents is 1. The number of ether oxygens (including phenoxy) is 1. The molecule has 2 atom stereocenters. The van der Waals surface area contributed by atoms with E-state index >= 15 is 0 Å². The highest BCUT2D eigenvalue weighted by Gasteiger charge is 2.52. The maximum Gasteiger partial charge on any atom is 0.332 e. The SMILES string of the molecule is CCCN(C(=O)NCc1ccccc1)N1CC(=O)N2[C@@H](Cc3ccc(O)cc3)C(=O)N(Cc3cccc4c3OCCN4C)C[C@@H]21. The number of hydrogen-bond acceptors (Lipinski definition) is 7. The van der Waals surface area contributed by atoms with Crippen molar-refractivity contribution < 1.29 is 24.2 Å². The van der Waals surface area contributed by atoms with Gasteiger partial charge in [-0.25, -0.2) is 4.79 Å². The summed E-state index contributed by atoms with van der Waals surface area (Å²) in [7, 11) is 2.02. The van der Waals surface area contributed by atoms with Gasteiger partial charge in [0.2, 0.25) is 11.8 Å². The molecule has 3 aliphatic rings. The Balaban J connectivity index is 1.31. The summed E-state index contributed by atoms with van der Waals surface area (Å²) in [4.78, 5) is 47.2. The van der Waals surface area contributed by atoms with E-state index in [0.717, 1.165) is 34.7 Å². The normalized spacial score (nSPS) is 19.6. The Morgan fingerprint density at radius 2 is 1.80 bits per heavy atom. The van der Waals surface area contributed by atoms with Crippen LogP contribution >= 0.6 is 0 Å². The number of likely N-dealkylation sites (N-methyl/N-ethyl adjacent to an activating group) is 1. The lowest BCUT2D eigenvalue weighted by molar-refractivity contribution is -0.157. The van der Waals surface area contributed by atoms with Gasteiger partial charge in [-0.05, 0) is 35.7 Å². The van der Waals surface area contributed by atoms with Crippen LogP contribution < -0.4 is 15.0 Å². The van der Waals surface area contributed by atoms with Crippen LogP contribution in [0.4, 0.5) is 10.5 Å². The molecule has 2 fully saturated rings. The number of carbonyl (C=O) groups excluding carboxylic acids is 3. The van der Waals surface area contributed by atoms with Crippen molar-refractivity contribution in [3.8, 4) is 11.5 Å². The molecule has 0 saturated carbocycles. The number of anilines is 1. The molecule has 45 heavy (non-hydrogen) atoms. The Labute approximate surface area is 263 Å². The molecule has 0 bridgehead atoms. The largest absolute Gasteiger partial charge is 0.508 e. The van der Waals surface area contributed by atoms with Crippen molar-refractivity contribution in [1.82, 2.24) is 25.1 Å². The number of nitrogens with one attached hydrogen (secondary N) is 1. The van der Waals surface area contributed by atoms with Crippen LogP contribution in [0.1, 0.15) is 30.0 Å². The van der Waals surface area contributed by atoms with Crippen molar-refractivity contribution in [3.63, 3.8) is 0 Å². The third kappa shape index (κ3) is 6.26. The van der Waals surface area contributed by atoms with E-state index in [2.05, 4.69) is 10.2 Å². The summed E-state index contributed by atoms with van der Waals surface area (Å²) < 4.78 is 6.09. The van der Waals surface area contributed by atoms with Crippen molar-refractivity contribution in [2.45, 2.75) is 45.1 Å². The standard InChI is InChI=1S/C34H40N6O5/c1-3-16-38(34(44)35-20-25-8-5-4-6-9-25)39-23-31(42)40-29(19-24-12-14-27(41)15-13-24)33(43)37(22-30(39)40)21-26-10-7-11-28-32(26)45-18-17-36(28)2/h4-15,29-30,41H,3,16-23H2,1-2H3,(H,35,44)/t29-,30+/m0/s1. The summed E-state index contributed by atoms with van der Waals surface area (Å²) in [6.45, 7) is 4.64. The number of rotatable bonds is 9. The number of benzene rings is 3. The Bertz CT molecular complexity index is 1530. The molecule has 11 nitrogen and oxygen atoms in total. The van der Waals surface area contributed by atoms with Crippen molar-refractivity contribution in [1.29, 1.82) is 0 Å². The average molecular weight is 613 g/mol. The molecule has 0 aliphatic carbocycles. The molecule has 3 aliphatic heterocycles. The van der Waals surface area contributed by atoms with Crippen LogP contribution in [0.2, 0.25) is 0 Å². The first kappa shape index (κ1) is 30.3. The van der Waals surface area contributed by atoms with Crippen LogP contribution in [0.15, 0.2) is 72.8 Å². The average Bonchev–Trinajstić information content (AvgIpc) is 3.37. The number of nitrogens with zero attached hydrogens (tertiary/aromatic N) is 5. The summed E-state index contributed by atoms with van der Waals surface area (Å²) in [5.74, 6) is 0.540. The van der Waals surface area contributed by atoms with Crippen molar-refractivity contribution in [2.24, 2.45) is 0 Å². The summed E-state index contributed by atoms with van der Waals surface area (Å²) in [5, 5.41) is 16.3. The monoisotopic (exact) mass is 612 g/mol. The number of piperazine rings is 1. The molecule has 0 aromatic heterocycles. The van der Waals surface area contributed by atoms with E-state index < -0.39 is 12.2 Å². The minimum absolute atomic E-state index is 0.00867. The Kier molecular flexibility index (Phi) is 8.79. The Hall–Kier alpha value is -4.77. The predicted molar refractivity (Wildman–Crippen MR) is 169 cm³/mol. The van der Waals surface area contributed by atoms with Crippen LogP contribution in [-0.2, 0) is 29.1 Å². The number of hydrazine groups is 1. The molecule has 4 amide bonds. The van der Waals surface area contributed by atoms with Gasteiger partial charge in [-0.3, -0.25) is 14.6 Å². The van der Waals surface area contributed by atoms with Crippen LogP contribution in [-0.4, -0.2) is 94.8 Å². The molecule has 3 aromatic rings. The highest BCUT2D eigenvalue weighted by molar-refractivity contribution is 5.92. The van der Waals surface area contributed by atoms with Gasteiger partial charge in [-0.15, -0.1) is 0 Å². The quantitative estimate of drug-likeness (QED) is 0.382. The fraction of sp³-hybridized carbons (Fsp3) is 0.382. The van der Waals surface area contributed by atoms with Gasteiger partial charge in [-0.1, -0.05) is 61.5 Å². The first-order chi connectivity index (χ1) is 21.8. The third-order valence-electron chi connectivity index (χ3n) is 8.72. The first-order valence-corrected chi connectivity index (χ1v) is 15.5. The van der Waals surface area contributed by atoms with Crippen LogP contribution in [0, 0.1) is 0 Å². The van der Waals surface area contributed by atoms with Crippen molar-refractivity contribution >= 4 is 23.5 Å². The second kappa shape index (κ2) is 13.1. The fourth-order valence-electron chi connectivity index (χ4n) is 6.44. The molecule has 3 heterocycles. The van der Waals surface area contributed by atoms with E-state index in [0.29, 0.717) is 32.7 Å². The van der Waals surface area contributed by atoms with Crippen molar-refractivity contribution in [2.75, 3.05) is 44.7 Å². The molecule has 236 valence electrons. The zero-order chi connectivity index (χ0) is 31.5. The Morgan fingerprint density at radius 3 is 2.56 bits per heavy atom. The Morgan fingerprint density at radius 1 is 1.02 bits per heavy atom. The van der Waals surface area contributed by atoms with E-state index in [4.69, 9.17) is 4.74 Å². The predicted octanol–water partition coefficient (Wildman–Crippen LogP) is 3.18. The van der Waals surface area contributed by atoms with Crippen LogP contribution in [0.25, 0.3) is 0 Å². The molecular formula is C34H40N6O5. The minimum Gasteiger partial charge on any atom is -0.508 e. The molecule has 0 radical (unpaired) electrons. The van der Waals surface area contributed by atoms with Gasteiger partial charge < -0.3 is 29.9 Å². The highest BCUT2D eigenvalue weighted by Crippen LogP contribution is 2.36. The molecular weight excluding hydrogens is 572 g/mol. The van der Waals surface area contributed by atoms with Gasteiger partial charge in [0.15, 0.2) is 0 Å². The summed E-state index contributed by atoms with van der Waals surface area (Å²) in [6.07, 6.45) is 0.442. The zero-order valence-electron chi connectivity index (χ0n) is 25.8. The lowest BCUT2D eigenvalue weighted by Crippen LogP contribution is -2.66. The van der Waals surface area contributed by atoms with E-state index in [1.165, 1.54) is 0 Å². The molecule has 0 spiro atoms. The van der Waals surface area contributed by atoms with Gasteiger partial charge >= 0.3 is 6.03 Å². The van der Waals surface area contributed by atoms with E-state index in [1.807, 2.05) is 67.5 Å². The van der Waals surface area contributed by atoms with Gasteiger partial charge in [0.1, 0.15) is 30.3 Å². The topological polar surface area (TPSA) is 109 Å². The maximum absolute atomic E-state index is 14.2. The second-order valence-corrected chi connectivity index (χ2v) is 11.8. The fourth-order valence-corrected chi connectivity index (χ4v) is 6.44. The van der Waals surface area contributed by atoms with E-state index in [-0.39, 0.29) is 43.1 Å². The van der Waals surface area contributed by atoms with Crippen LogP contribution in [0.3, 0.4) is 0 Å². The van der Waals surface area contributed by atoms with Gasteiger partial charge in [0.05, 0.1) is 25.3 Å². The molecule has 3 aromatic carbocycles. The number of phenols is 1. The lowest BCUT2D eigenvalue weighted by Gasteiger charge is -2.46. The van der Waals surface area contributed by atoms with Crippen LogP contribution in [0.5, 0.6) is 11.5 Å². The third-order valence-corrected chi connectivity index (χ3v) is 8.72. The van der Waals surface area contributed by atoms with Gasteiger partial charge in [0, 0.05) is 38.7 Å². The number of hydrogen-bond donors (Lipinski definition) is 2. The number of amides is 4. The van der Waals surface area contributed by atoms with E-state index in [1.54, 1.807) is 39.1 Å². The highest BCUT2D eigenvalue weighted by atomic mass is 16.5. The first-order valence-electron chi connectivity index (χ1n) is 15.5. The molecule has 2 saturated heterocycles. The lowest BCUT2D eigenvalue weighted by atomic mass is 9.99. The van der Waals surface area contributed by atoms with E-state index in [9.17, 15) is 19.5 Å². The van der Waals surface area contributed by atoms with Crippen molar-refractivity contribution in [3.05, 3.63) is 89.5 Å². The number of para-hydroxylation sites is 1. The molecule has 11 heteroatoms. The number of carbonyl (C=O) groups is 3. The summed E-state index contributed by atoms with van der Waals surface area (Å²) in [6, 6.07) is 21.3. The summed E-state index contributed by atoms with van der Waals surface area (Å²) in [5.41, 5.74) is 3.67. The molecule has 6 rings (SSSR count). The number of aromatic hydroxyl groups is 1. The second-order valence-electron chi connectivity index (χ2n) is 11.8. The number of fused-ring (bicyclic) bond motifs is 2. The maximum atomic E-state index is 14.2. The number of urea groups is 1. The smallest absolute Gasteiger partial charge is 0.332 e. The molecule has 0 unspecified atom stereocenters. The van der Waals surface area contributed by atoms with Gasteiger partial charge in [-0.2, -0.15) is 5.01 Å².